The fourth-order valence-corrected chi connectivity index (χ4v) is 3.16. The lowest BCUT2D eigenvalue weighted by atomic mass is 9.88. The number of rotatable bonds is 6. The van der Waals surface area contributed by atoms with E-state index in [0.717, 1.165) is 0 Å². The highest BCUT2D eigenvalue weighted by atomic mass is 19.4. The molecule has 1 amide bonds. The molecule has 2 atom stereocenters. The van der Waals surface area contributed by atoms with Crippen molar-refractivity contribution in [1.82, 2.24) is 15.1 Å². The Hall–Kier alpha value is -2.57. The maximum Gasteiger partial charge on any atom is 0.409 e. The molecule has 0 aliphatic carbocycles. The summed E-state index contributed by atoms with van der Waals surface area (Å²) in [6.45, 7) is 0.190. The number of hydrogen-bond donors (Lipinski definition) is 2. The van der Waals surface area contributed by atoms with E-state index in [-0.39, 0.29) is 13.0 Å². The van der Waals surface area contributed by atoms with Crippen molar-refractivity contribution in [2.45, 2.75) is 43.6 Å². The van der Waals surface area contributed by atoms with Gasteiger partial charge in [0.1, 0.15) is 6.04 Å². The average molecular weight is 368 g/mol. The molecule has 7 nitrogen and oxygen atoms in total. The first-order valence-corrected chi connectivity index (χ1v) is 8.25. The molecule has 0 saturated carbocycles. The van der Waals surface area contributed by atoms with Gasteiger partial charge in [0, 0.05) is 39.3 Å². The molecule has 0 radical (unpaired) electrons. The summed E-state index contributed by atoms with van der Waals surface area (Å²) < 4.78 is 41.7. The van der Waals surface area contributed by atoms with Gasteiger partial charge in [-0.05, 0) is 0 Å². The predicted octanol–water partition coefficient (Wildman–Crippen LogP) is 2.02. The van der Waals surface area contributed by atoms with E-state index in [1.807, 2.05) is 0 Å². The summed E-state index contributed by atoms with van der Waals surface area (Å²) >= 11 is 0. The number of carbonyl (C=O) groups excluding carboxylic acids is 1. The highest BCUT2D eigenvalue weighted by Crippen LogP contribution is 2.37. The first-order valence-electron chi connectivity index (χ1n) is 8.25. The topological polar surface area (TPSA) is 83.7 Å². The van der Waals surface area contributed by atoms with Gasteiger partial charge in [-0.2, -0.15) is 28.5 Å². The minimum absolute atomic E-state index is 0.0359. The van der Waals surface area contributed by atoms with Crippen molar-refractivity contribution in [2.24, 2.45) is 23.2 Å². The molecule has 2 aliphatic heterocycles. The second-order valence-electron chi connectivity index (χ2n) is 6.53. The number of alkyl halides is 3. The number of terminal acetylenes is 1. The van der Waals surface area contributed by atoms with Gasteiger partial charge in [0.05, 0.1) is 23.5 Å². The van der Waals surface area contributed by atoms with E-state index in [2.05, 4.69) is 31.9 Å². The smallest absolute Gasteiger partial charge is 0.371 e. The van der Waals surface area contributed by atoms with Gasteiger partial charge in [0.25, 0.3) is 0 Å². The van der Waals surface area contributed by atoms with Crippen LogP contribution in [0.25, 0.3) is 0 Å². The minimum Gasteiger partial charge on any atom is -0.371 e. The van der Waals surface area contributed by atoms with Crippen LogP contribution in [0.15, 0.2) is 16.4 Å². The van der Waals surface area contributed by atoms with Crippen molar-refractivity contribution in [3.8, 4) is 12.3 Å². The minimum atomic E-state index is -4.55. The van der Waals surface area contributed by atoms with Crippen molar-refractivity contribution in [3.05, 3.63) is 11.9 Å². The van der Waals surface area contributed by atoms with Crippen LogP contribution in [0.3, 0.4) is 0 Å². The molecule has 10 heteroatoms. The third kappa shape index (κ3) is 3.66. The van der Waals surface area contributed by atoms with Crippen LogP contribution >= 0.6 is 0 Å². The molecule has 2 N–H and O–H groups in total. The molecule has 0 fully saturated rings. The van der Waals surface area contributed by atoms with Crippen LogP contribution in [-0.4, -0.2) is 40.1 Å². The SMILES string of the molecule is C#CCCC1(CCNC(=O)C2Cc3c(cnn3C)NC2C(F)(F)F)N=N1. The van der Waals surface area contributed by atoms with Crippen molar-refractivity contribution >= 4 is 11.6 Å². The zero-order valence-electron chi connectivity index (χ0n) is 14.2. The van der Waals surface area contributed by atoms with Crippen molar-refractivity contribution in [2.75, 3.05) is 11.9 Å². The molecule has 1 aromatic heterocycles. The van der Waals surface area contributed by atoms with Crippen LogP contribution in [-0.2, 0) is 18.3 Å². The number of anilines is 1. The molecule has 140 valence electrons. The molecule has 0 saturated heterocycles. The van der Waals surface area contributed by atoms with Crippen LogP contribution in [0.4, 0.5) is 18.9 Å². The fraction of sp³-hybridized carbons (Fsp3) is 0.625. The second kappa shape index (κ2) is 6.63. The van der Waals surface area contributed by atoms with Gasteiger partial charge in [0.2, 0.25) is 5.91 Å². The average Bonchev–Trinajstić information content (AvgIpc) is 3.27. The van der Waals surface area contributed by atoms with E-state index in [9.17, 15) is 18.0 Å². The zero-order valence-corrected chi connectivity index (χ0v) is 14.2. The molecular formula is C16H19F3N6O. The number of carbonyl (C=O) groups is 1. The third-order valence-corrected chi connectivity index (χ3v) is 4.75. The van der Waals surface area contributed by atoms with E-state index in [0.29, 0.717) is 30.6 Å². The highest BCUT2D eigenvalue weighted by Gasteiger charge is 2.50. The van der Waals surface area contributed by atoms with Crippen LogP contribution in [0.2, 0.25) is 0 Å². The molecule has 3 heterocycles. The van der Waals surface area contributed by atoms with Crippen LogP contribution < -0.4 is 10.6 Å². The van der Waals surface area contributed by atoms with Gasteiger partial charge in [0.15, 0.2) is 5.66 Å². The quantitative estimate of drug-likeness (QED) is 0.754. The molecule has 2 aliphatic rings. The fourth-order valence-electron chi connectivity index (χ4n) is 3.16. The van der Waals surface area contributed by atoms with E-state index >= 15 is 0 Å². The predicted molar refractivity (Wildman–Crippen MR) is 87.1 cm³/mol. The Morgan fingerprint density at radius 2 is 2.23 bits per heavy atom. The monoisotopic (exact) mass is 368 g/mol. The molecular weight excluding hydrogens is 349 g/mol. The van der Waals surface area contributed by atoms with E-state index in [4.69, 9.17) is 6.42 Å². The summed E-state index contributed by atoms with van der Waals surface area (Å²) in [6, 6.07) is -1.95. The maximum absolute atomic E-state index is 13.4. The maximum atomic E-state index is 13.4. The van der Waals surface area contributed by atoms with Crippen LogP contribution in [0.1, 0.15) is 25.0 Å². The van der Waals surface area contributed by atoms with Crippen molar-refractivity contribution in [1.29, 1.82) is 0 Å². The molecule has 2 unspecified atom stereocenters. The van der Waals surface area contributed by atoms with Crippen LogP contribution in [0, 0.1) is 18.3 Å². The van der Waals surface area contributed by atoms with Crippen molar-refractivity contribution < 1.29 is 18.0 Å². The molecule has 0 aromatic carbocycles. The summed E-state index contributed by atoms with van der Waals surface area (Å²) in [7, 11) is 1.63. The van der Waals surface area contributed by atoms with Gasteiger partial charge in [-0.15, -0.1) is 12.3 Å². The van der Waals surface area contributed by atoms with E-state index in [1.165, 1.54) is 10.9 Å². The Bertz CT molecular complexity index is 757. The molecule has 3 rings (SSSR count). The van der Waals surface area contributed by atoms with Gasteiger partial charge >= 0.3 is 6.18 Å². The lowest BCUT2D eigenvalue weighted by molar-refractivity contribution is -0.161. The number of halogens is 3. The van der Waals surface area contributed by atoms with Gasteiger partial charge in [-0.1, -0.05) is 0 Å². The number of aryl methyl sites for hydroxylation is 1. The Morgan fingerprint density at radius 3 is 2.85 bits per heavy atom. The summed E-state index contributed by atoms with van der Waals surface area (Å²) in [5.74, 6) is 0.576. The standard InChI is InChI=1S/C16H19F3N6O/c1-3-4-5-15(23-24-15)6-7-20-14(26)10-8-12-11(9-21-25(12)2)22-13(10)16(17,18)19/h1,9-10,13,22H,4-8H2,2H3,(H,20,26). The summed E-state index contributed by atoms with van der Waals surface area (Å²) in [5.41, 5.74) is 0.300. The van der Waals surface area contributed by atoms with Gasteiger partial charge in [-0.25, -0.2) is 0 Å². The number of hydrogen-bond acceptors (Lipinski definition) is 5. The number of nitrogens with one attached hydrogen (secondary N) is 2. The van der Waals surface area contributed by atoms with Gasteiger partial charge in [-0.3, -0.25) is 9.48 Å². The molecule has 1 aromatic rings. The Kier molecular flexibility index (Phi) is 4.64. The normalized spacial score (nSPS) is 22.9. The largest absolute Gasteiger partial charge is 0.409 e. The lowest BCUT2D eigenvalue weighted by Crippen LogP contribution is -2.52. The Morgan fingerprint density at radius 1 is 1.50 bits per heavy atom. The summed E-state index contributed by atoms with van der Waals surface area (Å²) in [5, 5.41) is 16.8. The van der Waals surface area contributed by atoms with Crippen LogP contribution in [0.5, 0.6) is 0 Å². The summed E-state index contributed by atoms with van der Waals surface area (Å²) in [6.07, 6.45) is 3.48. The second-order valence-corrected chi connectivity index (χ2v) is 6.53. The molecule has 0 bridgehead atoms. The Labute approximate surface area is 148 Å². The van der Waals surface area contributed by atoms with Gasteiger partial charge < -0.3 is 10.6 Å². The van der Waals surface area contributed by atoms with Crippen molar-refractivity contribution in [3.63, 3.8) is 0 Å². The summed E-state index contributed by atoms with van der Waals surface area (Å²) in [4.78, 5) is 12.4. The number of nitrogens with zero attached hydrogens (tertiary/aromatic N) is 4. The first-order chi connectivity index (χ1) is 12.3. The number of fused-ring (bicyclic) bond motifs is 1. The zero-order chi connectivity index (χ0) is 18.9. The first kappa shape index (κ1) is 18.2. The molecule has 0 spiro atoms. The molecule has 26 heavy (non-hydrogen) atoms. The number of amides is 1. The third-order valence-electron chi connectivity index (χ3n) is 4.75. The van der Waals surface area contributed by atoms with E-state index in [1.54, 1.807) is 7.05 Å². The lowest BCUT2D eigenvalue weighted by Gasteiger charge is -2.33. The van der Waals surface area contributed by atoms with E-state index < -0.39 is 29.7 Å². The highest BCUT2D eigenvalue weighted by molar-refractivity contribution is 5.81. The Balaban J connectivity index is 1.63. The number of aromatic nitrogens is 2.